The summed E-state index contributed by atoms with van der Waals surface area (Å²) in [4.78, 5) is 29.6. The van der Waals surface area contributed by atoms with Gasteiger partial charge in [0.15, 0.2) is 0 Å². The molecule has 10 heteroatoms. The van der Waals surface area contributed by atoms with Gasteiger partial charge in [0.1, 0.15) is 24.2 Å². The van der Waals surface area contributed by atoms with E-state index in [-0.39, 0.29) is 35.5 Å². The largest absolute Gasteiger partial charge is 0.497 e. The van der Waals surface area contributed by atoms with E-state index in [0.717, 1.165) is 33.1 Å². The Kier molecular flexibility index (Phi) is 11.0. The lowest BCUT2D eigenvalue weighted by Crippen LogP contribution is -2.54. The van der Waals surface area contributed by atoms with Crippen molar-refractivity contribution >= 4 is 27.5 Å². The number of sulfonamides is 1. The third kappa shape index (κ3) is 8.48. The predicted molar refractivity (Wildman–Crippen MR) is 173 cm³/mol. The van der Waals surface area contributed by atoms with Gasteiger partial charge in [-0.3, -0.25) is 13.9 Å². The number of hydrogen-bond acceptors (Lipinski definition) is 5. The summed E-state index contributed by atoms with van der Waals surface area (Å²) < 4.78 is 48.2. The van der Waals surface area contributed by atoms with Crippen molar-refractivity contribution in [1.82, 2.24) is 10.2 Å². The van der Waals surface area contributed by atoms with Crippen LogP contribution in [0.2, 0.25) is 0 Å². The van der Waals surface area contributed by atoms with Gasteiger partial charge >= 0.3 is 0 Å². The summed E-state index contributed by atoms with van der Waals surface area (Å²) in [6.45, 7) is 5.02. The number of methoxy groups -OCH3 is 1. The summed E-state index contributed by atoms with van der Waals surface area (Å²) in [7, 11) is -2.85. The number of benzene rings is 4. The maximum Gasteiger partial charge on any atom is 0.264 e. The molecule has 2 amide bonds. The fourth-order valence-corrected chi connectivity index (χ4v) is 6.33. The third-order valence-electron chi connectivity index (χ3n) is 7.34. The number of ether oxygens (including phenoxy) is 1. The van der Waals surface area contributed by atoms with Crippen molar-refractivity contribution in [3.63, 3.8) is 0 Å². The number of carbonyl (C=O) groups is 2. The van der Waals surface area contributed by atoms with Gasteiger partial charge in [-0.15, -0.1) is 0 Å². The minimum absolute atomic E-state index is 0.0639. The van der Waals surface area contributed by atoms with Crippen LogP contribution in [0.15, 0.2) is 108 Å². The van der Waals surface area contributed by atoms with Gasteiger partial charge in [0, 0.05) is 19.0 Å². The van der Waals surface area contributed by atoms with Crippen LogP contribution in [-0.2, 0) is 32.6 Å². The molecule has 0 radical (unpaired) electrons. The molecule has 0 saturated carbocycles. The molecule has 0 spiro atoms. The highest BCUT2D eigenvalue weighted by molar-refractivity contribution is 7.92. The van der Waals surface area contributed by atoms with E-state index in [1.54, 1.807) is 0 Å². The van der Waals surface area contributed by atoms with Crippen LogP contribution < -0.4 is 14.4 Å². The smallest absolute Gasteiger partial charge is 0.264 e. The molecule has 45 heavy (non-hydrogen) atoms. The molecule has 1 atom stereocenters. The summed E-state index contributed by atoms with van der Waals surface area (Å²) in [5.41, 5.74) is 2.67. The van der Waals surface area contributed by atoms with Gasteiger partial charge in [-0.2, -0.15) is 0 Å². The van der Waals surface area contributed by atoms with Crippen molar-refractivity contribution in [3.05, 3.63) is 126 Å². The maximum absolute atomic E-state index is 14.5. The standard InChI is InChI=1S/C35H38FN3O5S/c1-25(2)37-35(41)33(22-27-11-6-5-7-12-27)38(23-28-13-9-8-10-26(28)3)34(40)24-39(30-16-14-29(36)15-17-30)45(42,43)32-20-18-31(44-4)19-21-32/h5-21,25,33H,22-24H2,1-4H3,(H,37,41). The van der Waals surface area contributed by atoms with E-state index >= 15 is 0 Å². The molecule has 4 rings (SSSR count). The van der Waals surface area contributed by atoms with Crippen LogP contribution >= 0.6 is 0 Å². The molecule has 4 aromatic rings. The zero-order valence-corrected chi connectivity index (χ0v) is 26.6. The SMILES string of the molecule is COc1ccc(S(=O)(=O)N(CC(=O)N(Cc2ccccc2C)C(Cc2ccccc2)C(=O)NC(C)C)c2ccc(F)cc2)cc1. The number of hydrogen-bond donors (Lipinski definition) is 1. The minimum Gasteiger partial charge on any atom is -0.497 e. The Labute approximate surface area is 264 Å². The van der Waals surface area contributed by atoms with Gasteiger partial charge in [0.25, 0.3) is 10.0 Å². The van der Waals surface area contributed by atoms with E-state index in [2.05, 4.69) is 5.32 Å². The lowest BCUT2D eigenvalue weighted by atomic mass is 10.0. The van der Waals surface area contributed by atoms with E-state index in [9.17, 15) is 22.4 Å². The van der Waals surface area contributed by atoms with Crippen LogP contribution in [0.25, 0.3) is 0 Å². The number of nitrogens with zero attached hydrogens (tertiary/aromatic N) is 2. The van der Waals surface area contributed by atoms with E-state index in [0.29, 0.717) is 5.75 Å². The Hall–Kier alpha value is -4.70. The van der Waals surface area contributed by atoms with E-state index < -0.39 is 34.3 Å². The van der Waals surface area contributed by atoms with Gasteiger partial charge in [-0.05, 0) is 86.0 Å². The second-order valence-corrected chi connectivity index (χ2v) is 12.8. The summed E-state index contributed by atoms with van der Waals surface area (Å²) >= 11 is 0. The number of carbonyl (C=O) groups excluding carboxylic acids is 2. The fraction of sp³-hybridized carbons (Fsp3) is 0.257. The van der Waals surface area contributed by atoms with Crippen LogP contribution in [0.3, 0.4) is 0 Å². The van der Waals surface area contributed by atoms with Crippen molar-refractivity contribution in [1.29, 1.82) is 0 Å². The Morgan fingerprint density at radius 2 is 1.49 bits per heavy atom. The number of aryl methyl sites for hydroxylation is 1. The molecule has 4 aromatic carbocycles. The molecule has 0 aliphatic rings. The number of halogens is 1. The molecule has 0 saturated heterocycles. The zero-order chi connectivity index (χ0) is 32.6. The first-order valence-electron chi connectivity index (χ1n) is 14.6. The lowest BCUT2D eigenvalue weighted by Gasteiger charge is -2.34. The fourth-order valence-electron chi connectivity index (χ4n) is 4.92. The second kappa shape index (κ2) is 14.9. The van der Waals surface area contributed by atoms with Crippen molar-refractivity contribution < 1.29 is 27.1 Å². The van der Waals surface area contributed by atoms with Crippen molar-refractivity contribution in [2.24, 2.45) is 0 Å². The van der Waals surface area contributed by atoms with E-state index in [1.165, 1.54) is 48.4 Å². The number of anilines is 1. The van der Waals surface area contributed by atoms with Crippen LogP contribution in [0, 0.1) is 12.7 Å². The maximum atomic E-state index is 14.5. The highest BCUT2D eigenvalue weighted by Gasteiger charge is 2.35. The Balaban J connectivity index is 1.81. The van der Waals surface area contributed by atoms with Crippen molar-refractivity contribution in [2.75, 3.05) is 18.0 Å². The van der Waals surface area contributed by atoms with E-state index in [1.807, 2.05) is 75.4 Å². The summed E-state index contributed by atoms with van der Waals surface area (Å²) in [6.07, 6.45) is 0.207. The molecule has 1 unspecified atom stereocenters. The molecule has 0 aliphatic carbocycles. The molecular formula is C35H38FN3O5S. The highest BCUT2D eigenvalue weighted by Crippen LogP contribution is 2.27. The van der Waals surface area contributed by atoms with Crippen LogP contribution in [0.4, 0.5) is 10.1 Å². The molecule has 8 nitrogen and oxygen atoms in total. The van der Waals surface area contributed by atoms with Gasteiger partial charge in [-0.1, -0.05) is 54.6 Å². The number of nitrogens with one attached hydrogen (secondary N) is 1. The first kappa shape index (κ1) is 33.2. The van der Waals surface area contributed by atoms with Crippen LogP contribution in [-0.4, -0.2) is 50.9 Å². The van der Waals surface area contributed by atoms with Gasteiger partial charge in [0.05, 0.1) is 17.7 Å². The molecular weight excluding hydrogens is 593 g/mol. The Morgan fingerprint density at radius 3 is 2.09 bits per heavy atom. The van der Waals surface area contributed by atoms with Gasteiger partial charge in [-0.25, -0.2) is 12.8 Å². The Morgan fingerprint density at radius 1 is 0.867 bits per heavy atom. The average Bonchev–Trinajstić information content (AvgIpc) is 3.03. The Bertz CT molecular complexity index is 1700. The van der Waals surface area contributed by atoms with Crippen LogP contribution in [0.1, 0.15) is 30.5 Å². The normalized spacial score (nSPS) is 12.0. The average molecular weight is 632 g/mol. The first-order valence-corrected chi connectivity index (χ1v) is 16.0. The van der Waals surface area contributed by atoms with Gasteiger partial charge < -0.3 is 15.0 Å². The lowest BCUT2D eigenvalue weighted by molar-refractivity contribution is -0.140. The van der Waals surface area contributed by atoms with Gasteiger partial charge in [0.2, 0.25) is 11.8 Å². The predicted octanol–water partition coefficient (Wildman–Crippen LogP) is 5.50. The quantitative estimate of drug-likeness (QED) is 0.210. The van der Waals surface area contributed by atoms with Crippen molar-refractivity contribution in [3.8, 4) is 5.75 Å². The molecule has 0 bridgehead atoms. The first-order chi connectivity index (χ1) is 21.5. The van der Waals surface area contributed by atoms with Crippen LogP contribution in [0.5, 0.6) is 5.75 Å². The molecule has 0 heterocycles. The summed E-state index contributed by atoms with van der Waals surface area (Å²) in [6, 6.07) is 26.4. The molecule has 1 N–H and O–H groups in total. The van der Waals surface area contributed by atoms with Crippen molar-refractivity contribution in [2.45, 2.75) is 50.7 Å². The number of amides is 2. The second-order valence-electron chi connectivity index (χ2n) is 11.0. The monoisotopic (exact) mass is 631 g/mol. The molecule has 0 aromatic heterocycles. The summed E-state index contributed by atoms with van der Waals surface area (Å²) in [5, 5.41) is 2.94. The topological polar surface area (TPSA) is 96.0 Å². The molecule has 0 fully saturated rings. The number of rotatable bonds is 13. The summed E-state index contributed by atoms with van der Waals surface area (Å²) in [5.74, 6) is -1.05. The highest BCUT2D eigenvalue weighted by atomic mass is 32.2. The molecule has 0 aliphatic heterocycles. The third-order valence-corrected chi connectivity index (χ3v) is 9.13. The molecule has 236 valence electrons. The zero-order valence-electron chi connectivity index (χ0n) is 25.8. The van der Waals surface area contributed by atoms with E-state index in [4.69, 9.17) is 4.74 Å². The minimum atomic E-state index is -4.32.